The summed E-state index contributed by atoms with van der Waals surface area (Å²) in [5.74, 6) is -10.1. The summed E-state index contributed by atoms with van der Waals surface area (Å²) in [7, 11) is 2.89. The zero-order valence-electron chi connectivity index (χ0n) is 22.3. The number of carbonyl (C=O) groups excluding carboxylic acids is 4. The monoisotopic (exact) mass is 555 g/mol. The average molecular weight is 556 g/mol. The molecule has 0 radical (unpaired) electrons. The fourth-order valence-electron chi connectivity index (χ4n) is 7.23. The number of likely N-dealkylation sites (N-methyl/N-ethyl adjacent to an activating group) is 1. The number of phenolic OH excluding ortho intramolecular Hbond substituents is 1. The maximum absolute atomic E-state index is 14.0. The number of hydrogen-bond acceptors (Lipinski definition) is 10. The van der Waals surface area contributed by atoms with Crippen LogP contribution in [0.25, 0.3) is 5.76 Å². The summed E-state index contributed by atoms with van der Waals surface area (Å²) in [6, 6.07) is 1.28. The van der Waals surface area contributed by atoms with Crippen LogP contribution in [0.1, 0.15) is 49.7 Å². The van der Waals surface area contributed by atoms with Crippen molar-refractivity contribution in [2.24, 2.45) is 23.5 Å². The minimum atomic E-state index is -2.98. The number of aliphatic hydroxyl groups excluding tert-OH is 3. The minimum absolute atomic E-state index is 0.166. The maximum Gasteiger partial charge on any atom is 0.255 e. The van der Waals surface area contributed by atoms with E-state index in [-0.39, 0.29) is 28.6 Å². The normalized spacial score (nSPS) is 32.2. The fourth-order valence-corrected chi connectivity index (χ4v) is 7.23. The summed E-state index contributed by atoms with van der Waals surface area (Å²) < 4.78 is 0. The molecular weight excluding hydrogens is 522 g/mol. The lowest BCUT2D eigenvalue weighted by molar-refractivity contribution is -0.169. The smallest absolute Gasteiger partial charge is 0.255 e. The van der Waals surface area contributed by atoms with Crippen molar-refractivity contribution in [3.63, 3.8) is 0 Å². The molecule has 40 heavy (non-hydrogen) atoms. The number of carbonyl (C=O) groups is 4. The van der Waals surface area contributed by atoms with Crippen LogP contribution in [-0.4, -0.2) is 85.7 Å². The van der Waals surface area contributed by atoms with E-state index >= 15 is 0 Å². The summed E-state index contributed by atoms with van der Waals surface area (Å²) >= 11 is 0. The molecule has 0 spiro atoms. The second kappa shape index (κ2) is 9.43. The van der Waals surface area contributed by atoms with E-state index in [9.17, 15) is 44.7 Å². The molecule has 2 saturated carbocycles. The Kier molecular flexibility index (Phi) is 6.55. The van der Waals surface area contributed by atoms with E-state index in [1.165, 1.54) is 31.1 Å². The quantitative estimate of drug-likeness (QED) is 0.203. The highest BCUT2D eigenvalue weighted by atomic mass is 16.4. The van der Waals surface area contributed by atoms with Gasteiger partial charge in [-0.25, -0.2) is 0 Å². The highest BCUT2D eigenvalue weighted by molar-refractivity contribution is 6.24. The van der Waals surface area contributed by atoms with Gasteiger partial charge in [0.15, 0.2) is 11.4 Å². The molecule has 3 unspecified atom stereocenters. The van der Waals surface area contributed by atoms with E-state index in [4.69, 9.17) is 5.73 Å². The van der Waals surface area contributed by atoms with Crippen LogP contribution in [0.4, 0.5) is 5.69 Å². The number of amides is 2. The van der Waals surface area contributed by atoms with Gasteiger partial charge in [-0.2, -0.15) is 0 Å². The molecule has 5 rings (SSSR count). The van der Waals surface area contributed by atoms with Crippen molar-refractivity contribution in [1.29, 1.82) is 0 Å². The minimum Gasteiger partial charge on any atom is -0.508 e. The van der Waals surface area contributed by atoms with Crippen LogP contribution in [0.15, 0.2) is 29.0 Å². The lowest BCUT2D eigenvalue weighted by Crippen LogP contribution is -2.70. The largest absolute Gasteiger partial charge is 0.508 e. The van der Waals surface area contributed by atoms with Crippen molar-refractivity contribution < 1.29 is 44.7 Å². The van der Waals surface area contributed by atoms with Gasteiger partial charge < -0.3 is 36.6 Å². The van der Waals surface area contributed by atoms with Crippen LogP contribution >= 0.6 is 0 Å². The van der Waals surface area contributed by atoms with Crippen molar-refractivity contribution in [1.82, 2.24) is 4.90 Å². The molecule has 4 aliphatic carbocycles. The lowest BCUT2D eigenvalue weighted by Gasteiger charge is -2.53. The number of hydrogen-bond donors (Lipinski definition) is 7. The predicted octanol–water partition coefficient (Wildman–Crippen LogP) is 0.625. The summed E-state index contributed by atoms with van der Waals surface area (Å²) in [6.45, 7) is 1.63. The van der Waals surface area contributed by atoms with Gasteiger partial charge in [0.05, 0.1) is 23.6 Å². The molecule has 0 heterocycles. The van der Waals surface area contributed by atoms with Gasteiger partial charge in [-0.3, -0.25) is 24.1 Å². The SMILES string of the molecule is CC1c2c(NC(=O)C3CCCC3)ccc(O)c2C(O)=C2C(=O)[C@]3(O)C(O)=C(C(N)=O)C(=O)C(N(C)C)[C@@H]3C(O)[C@@H]21. The van der Waals surface area contributed by atoms with Gasteiger partial charge in [-0.1, -0.05) is 19.8 Å². The Morgan fingerprint density at radius 2 is 1.73 bits per heavy atom. The molecule has 2 fully saturated rings. The molecule has 6 atom stereocenters. The first-order valence-corrected chi connectivity index (χ1v) is 13.2. The molecule has 4 aliphatic rings. The Morgan fingerprint density at radius 3 is 2.30 bits per heavy atom. The average Bonchev–Trinajstić information content (AvgIpc) is 3.42. The summed E-state index contributed by atoms with van der Waals surface area (Å²) in [4.78, 5) is 53.7. The number of nitrogens with two attached hydrogens (primary N) is 1. The zero-order valence-corrected chi connectivity index (χ0v) is 22.3. The van der Waals surface area contributed by atoms with Crippen LogP contribution in [0, 0.1) is 17.8 Å². The summed E-state index contributed by atoms with van der Waals surface area (Å²) in [6.07, 6.45) is 1.62. The van der Waals surface area contributed by atoms with Gasteiger partial charge in [0.25, 0.3) is 5.91 Å². The molecular formula is C28H33N3O9. The van der Waals surface area contributed by atoms with E-state index in [0.717, 1.165) is 25.7 Å². The molecule has 2 amide bonds. The number of benzene rings is 1. The maximum atomic E-state index is 14.0. The van der Waals surface area contributed by atoms with E-state index in [1.54, 1.807) is 6.92 Å². The number of Topliss-reactive ketones (excluding diaryl/α,β-unsaturated/α-hetero) is 2. The molecule has 0 aliphatic heterocycles. The highest BCUT2D eigenvalue weighted by Crippen LogP contribution is 2.57. The third kappa shape index (κ3) is 3.62. The molecule has 12 nitrogen and oxygen atoms in total. The third-order valence-corrected chi connectivity index (χ3v) is 9.09. The van der Waals surface area contributed by atoms with Crippen LogP contribution in [0.3, 0.4) is 0 Å². The second-order valence-electron chi connectivity index (χ2n) is 11.4. The van der Waals surface area contributed by atoms with E-state index in [2.05, 4.69) is 5.32 Å². The number of primary amides is 1. The summed E-state index contributed by atoms with van der Waals surface area (Å²) in [5, 5.41) is 59.5. The van der Waals surface area contributed by atoms with Gasteiger partial charge in [0, 0.05) is 23.1 Å². The van der Waals surface area contributed by atoms with Gasteiger partial charge in [0.2, 0.25) is 11.7 Å². The third-order valence-electron chi connectivity index (χ3n) is 9.09. The van der Waals surface area contributed by atoms with Crippen LogP contribution in [-0.2, 0) is 19.2 Å². The lowest BCUT2D eigenvalue weighted by atomic mass is 9.54. The molecule has 1 aromatic carbocycles. The van der Waals surface area contributed by atoms with Gasteiger partial charge in [0.1, 0.15) is 22.8 Å². The van der Waals surface area contributed by atoms with Crippen LogP contribution in [0.5, 0.6) is 5.75 Å². The number of anilines is 1. The Hall–Kier alpha value is -3.74. The van der Waals surface area contributed by atoms with Crippen molar-refractivity contribution in [3.8, 4) is 5.75 Å². The first-order chi connectivity index (χ1) is 18.7. The topological polar surface area (TPSA) is 211 Å². The van der Waals surface area contributed by atoms with Gasteiger partial charge in [-0.05, 0) is 50.6 Å². The van der Waals surface area contributed by atoms with Crippen LogP contribution < -0.4 is 11.1 Å². The number of rotatable bonds is 4. The molecule has 8 N–H and O–H groups in total. The fraction of sp³-hybridized carbons (Fsp3) is 0.500. The molecule has 0 saturated heterocycles. The van der Waals surface area contributed by atoms with Crippen LogP contribution in [0.2, 0.25) is 0 Å². The predicted molar refractivity (Wildman–Crippen MR) is 141 cm³/mol. The Labute approximate surface area is 229 Å². The van der Waals surface area contributed by atoms with Gasteiger partial charge >= 0.3 is 0 Å². The van der Waals surface area contributed by atoms with E-state index in [1.807, 2.05) is 0 Å². The second-order valence-corrected chi connectivity index (χ2v) is 11.4. The molecule has 1 aromatic rings. The Bertz CT molecular complexity index is 1410. The molecule has 0 bridgehead atoms. The number of phenols is 1. The first kappa shape index (κ1) is 27.8. The number of ketones is 2. The van der Waals surface area contributed by atoms with Gasteiger partial charge in [-0.15, -0.1) is 0 Å². The number of aromatic hydroxyl groups is 1. The Morgan fingerprint density at radius 1 is 1.10 bits per heavy atom. The van der Waals surface area contributed by atoms with Crippen molar-refractivity contribution in [2.75, 3.05) is 19.4 Å². The summed E-state index contributed by atoms with van der Waals surface area (Å²) in [5.41, 5.74) is 1.28. The molecule has 0 aromatic heterocycles. The number of nitrogens with zero attached hydrogens (tertiary/aromatic N) is 1. The van der Waals surface area contributed by atoms with E-state index in [0.29, 0.717) is 0 Å². The Balaban J connectivity index is 1.72. The van der Waals surface area contributed by atoms with E-state index < -0.39 is 81.4 Å². The van der Waals surface area contributed by atoms with Crippen molar-refractivity contribution >= 4 is 34.8 Å². The molecule has 12 heteroatoms. The number of aliphatic hydroxyl groups is 4. The highest BCUT2D eigenvalue weighted by Gasteiger charge is 2.68. The zero-order chi connectivity index (χ0) is 29.4. The van der Waals surface area contributed by atoms with Crippen molar-refractivity contribution in [2.45, 2.75) is 56.3 Å². The number of fused-ring (bicyclic) bond motifs is 3. The molecule has 214 valence electrons. The standard InChI is InChI=1S/C28H33N3O9/c1-10-14-12(30-27(39)11-6-4-5-7-11)8-9-13(32)16(14)21(33)17-15(10)22(34)19-20(31(2)3)23(35)18(26(29)38)25(37)28(19,40)24(17)36/h8-11,15,19-20,22,32-34,37,40H,4-7H2,1-3H3,(H2,29,38)(H,30,39)/t10?,15-,19-,20?,22?,28+/m1/s1. The first-order valence-electron chi connectivity index (χ1n) is 13.2. The van der Waals surface area contributed by atoms with Crippen molar-refractivity contribution in [3.05, 3.63) is 40.2 Å². The number of nitrogens with one attached hydrogen (secondary N) is 1.